The fourth-order valence-electron chi connectivity index (χ4n) is 4.97. The van der Waals surface area contributed by atoms with Crippen LogP contribution in [0.5, 0.6) is 5.75 Å². The molecule has 0 saturated heterocycles. The first kappa shape index (κ1) is 18.4. The molecule has 142 valence electrons. The molecule has 0 radical (unpaired) electrons. The number of ketones is 1. The van der Waals surface area contributed by atoms with Crippen molar-refractivity contribution in [3.8, 4) is 22.9 Å². The highest BCUT2D eigenvalue weighted by Gasteiger charge is 2.73. The summed E-state index contributed by atoms with van der Waals surface area (Å²) in [6.07, 6.45) is 1.72. The van der Waals surface area contributed by atoms with E-state index in [4.69, 9.17) is 10.00 Å². The highest BCUT2D eigenvalue weighted by Crippen LogP contribution is 2.70. The topological polar surface area (TPSA) is 67.2 Å². The van der Waals surface area contributed by atoms with Crippen molar-refractivity contribution in [1.29, 1.82) is 5.26 Å². The molecule has 4 rings (SSSR count). The Kier molecular flexibility index (Phi) is 3.97. The average Bonchev–Trinajstić information content (AvgIpc) is 2.99. The van der Waals surface area contributed by atoms with Gasteiger partial charge >= 0.3 is 5.97 Å². The fourth-order valence-corrected chi connectivity index (χ4v) is 4.97. The molecule has 2 atom stereocenters. The lowest BCUT2D eigenvalue weighted by Gasteiger charge is -2.37. The first-order chi connectivity index (χ1) is 13.2. The van der Waals surface area contributed by atoms with Crippen LogP contribution < -0.4 is 4.74 Å². The highest BCUT2D eigenvalue weighted by molar-refractivity contribution is 5.98. The summed E-state index contributed by atoms with van der Waals surface area (Å²) in [7, 11) is 0. The molecular formula is C24H23NO3. The van der Waals surface area contributed by atoms with Crippen molar-refractivity contribution in [2.45, 2.75) is 40.0 Å². The van der Waals surface area contributed by atoms with Crippen LogP contribution in [0.4, 0.5) is 0 Å². The molecule has 2 aromatic rings. The van der Waals surface area contributed by atoms with E-state index in [-0.39, 0.29) is 18.2 Å². The Morgan fingerprint density at radius 1 is 0.964 bits per heavy atom. The fraction of sp³-hybridized carbons (Fsp3) is 0.375. The van der Waals surface area contributed by atoms with Gasteiger partial charge in [-0.3, -0.25) is 9.59 Å². The van der Waals surface area contributed by atoms with Crippen molar-refractivity contribution in [1.82, 2.24) is 0 Å². The van der Waals surface area contributed by atoms with Crippen LogP contribution in [0.1, 0.15) is 45.6 Å². The van der Waals surface area contributed by atoms with Crippen molar-refractivity contribution in [3.05, 3.63) is 54.1 Å². The molecule has 28 heavy (non-hydrogen) atoms. The number of carbonyl (C=O) groups is 2. The summed E-state index contributed by atoms with van der Waals surface area (Å²) in [6.45, 7) is 6.05. The Morgan fingerprint density at radius 2 is 1.54 bits per heavy atom. The molecule has 0 spiro atoms. The van der Waals surface area contributed by atoms with E-state index < -0.39 is 16.2 Å². The van der Waals surface area contributed by atoms with Crippen LogP contribution >= 0.6 is 0 Å². The molecule has 2 fully saturated rings. The van der Waals surface area contributed by atoms with Crippen molar-refractivity contribution in [3.63, 3.8) is 0 Å². The van der Waals surface area contributed by atoms with Gasteiger partial charge in [-0.25, -0.2) is 0 Å². The maximum atomic E-state index is 13.1. The number of carbonyl (C=O) groups excluding carboxylic acids is 2. The van der Waals surface area contributed by atoms with Gasteiger partial charge in [-0.2, -0.15) is 5.26 Å². The molecule has 2 unspecified atom stereocenters. The van der Waals surface area contributed by atoms with Crippen LogP contribution in [-0.4, -0.2) is 11.8 Å². The van der Waals surface area contributed by atoms with Crippen LogP contribution in [0.25, 0.3) is 11.1 Å². The molecule has 0 aliphatic heterocycles. The van der Waals surface area contributed by atoms with E-state index in [9.17, 15) is 9.59 Å². The number of nitriles is 1. The maximum Gasteiger partial charge on any atom is 0.318 e. The summed E-state index contributed by atoms with van der Waals surface area (Å²) in [5.74, 6) is 0.371. The van der Waals surface area contributed by atoms with Gasteiger partial charge in [0, 0.05) is 11.8 Å². The van der Waals surface area contributed by atoms with E-state index in [0.29, 0.717) is 17.7 Å². The minimum atomic E-state index is -0.732. The Hall–Kier alpha value is -2.93. The second-order valence-corrected chi connectivity index (χ2v) is 8.74. The molecule has 0 amide bonds. The van der Waals surface area contributed by atoms with Crippen LogP contribution in [0.3, 0.4) is 0 Å². The predicted molar refractivity (Wildman–Crippen MR) is 105 cm³/mol. The van der Waals surface area contributed by atoms with Gasteiger partial charge in [-0.15, -0.1) is 0 Å². The largest absolute Gasteiger partial charge is 0.426 e. The predicted octanol–water partition coefficient (Wildman–Crippen LogP) is 4.92. The van der Waals surface area contributed by atoms with Gasteiger partial charge in [0.05, 0.1) is 17.0 Å². The summed E-state index contributed by atoms with van der Waals surface area (Å²) in [5, 5.41) is 8.90. The summed E-state index contributed by atoms with van der Waals surface area (Å²) in [4.78, 5) is 25.7. The number of Topliss-reactive ketones (excluding diaryl/α,β-unsaturated/α-hetero) is 1. The Labute approximate surface area is 165 Å². The second kappa shape index (κ2) is 6.04. The number of ether oxygens (including phenoxy) is 1. The van der Waals surface area contributed by atoms with Crippen LogP contribution in [-0.2, 0) is 9.59 Å². The van der Waals surface area contributed by atoms with E-state index in [0.717, 1.165) is 17.5 Å². The van der Waals surface area contributed by atoms with E-state index in [1.807, 2.05) is 45.0 Å². The minimum Gasteiger partial charge on any atom is -0.426 e. The molecular weight excluding hydrogens is 350 g/mol. The van der Waals surface area contributed by atoms with E-state index in [1.54, 1.807) is 24.3 Å². The van der Waals surface area contributed by atoms with Gasteiger partial charge in [0.2, 0.25) is 0 Å². The lowest BCUT2D eigenvalue weighted by molar-refractivity contribution is -0.151. The SMILES string of the molecule is CC12CCC(C(=O)Oc3ccc(-c4ccc(C#N)cc4)cc3)(CC1=O)C2(C)C. The Morgan fingerprint density at radius 3 is 2.00 bits per heavy atom. The van der Waals surface area contributed by atoms with Crippen molar-refractivity contribution >= 4 is 11.8 Å². The highest BCUT2D eigenvalue weighted by atomic mass is 16.5. The molecule has 0 heterocycles. The minimum absolute atomic E-state index is 0.178. The van der Waals surface area contributed by atoms with Gasteiger partial charge in [-0.05, 0) is 53.6 Å². The number of nitrogens with zero attached hydrogens (tertiary/aromatic N) is 1. The zero-order valence-electron chi connectivity index (χ0n) is 16.4. The van der Waals surface area contributed by atoms with Gasteiger partial charge in [0.15, 0.2) is 0 Å². The second-order valence-electron chi connectivity index (χ2n) is 8.74. The van der Waals surface area contributed by atoms with E-state index in [1.165, 1.54) is 0 Å². The third-order valence-electron chi connectivity index (χ3n) is 7.51. The lowest BCUT2D eigenvalue weighted by atomic mass is 9.65. The van der Waals surface area contributed by atoms with Crippen molar-refractivity contribution in [2.24, 2.45) is 16.2 Å². The molecule has 0 aromatic heterocycles. The number of hydrogen-bond acceptors (Lipinski definition) is 4. The Bertz CT molecular complexity index is 998. The zero-order valence-corrected chi connectivity index (χ0v) is 16.4. The summed E-state index contributed by atoms with van der Waals surface area (Å²) in [6, 6.07) is 16.8. The maximum absolute atomic E-state index is 13.1. The number of hydrogen-bond donors (Lipinski definition) is 0. The molecule has 2 aliphatic carbocycles. The molecule has 4 nitrogen and oxygen atoms in total. The van der Waals surface area contributed by atoms with Gasteiger partial charge < -0.3 is 4.74 Å². The van der Waals surface area contributed by atoms with Gasteiger partial charge in [0.1, 0.15) is 11.5 Å². The normalized spacial score (nSPS) is 27.4. The third kappa shape index (κ3) is 2.36. The van der Waals surface area contributed by atoms with Crippen molar-refractivity contribution in [2.75, 3.05) is 0 Å². The van der Waals surface area contributed by atoms with Crippen LogP contribution in [0.2, 0.25) is 0 Å². The number of esters is 1. The molecule has 2 bridgehead atoms. The first-order valence-electron chi connectivity index (χ1n) is 9.60. The number of rotatable bonds is 3. The van der Waals surface area contributed by atoms with Crippen molar-refractivity contribution < 1.29 is 14.3 Å². The lowest BCUT2D eigenvalue weighted by Crippen LogP contribution is -2.42. The molecule has 2 aliphatic rings. The first-order valence-corrected chi connectivity index (χ1v) is 9.60. The average molecular weight is 373 g/mol. The molecule has 2 saturated carbocycles. The summed E-state index contributed by atoms with van der Waals surface area (Å²) >= 11 is 0. The Balaban J connectivity index is 1.54. The smallest absolute Gasteiger partial charge is 0.318 e. The number of fused-ring (bicyclic) bond motifs is 2. The van der Waals surface area contributed by atoms with E-state index in [2.05, 4.69) is 6.07 Å². The van der Waals surface area contributed by atoms with Gasteiger partial charge in [0.25, 0.3) is 0 Å². The third-order valence-corrected chi connectivity index (χ3v) is 7.51. The van der Waals surface area contributed by atoms with Crippen LogP contribution in [0, 0.1) is 27.6 Å². The summed E-state index contributed by atoms with van der Waals surface area (Å²) in [5.41, 5.74) is 1.01. The zero-order chi connectivity index (χ0) is 20.2. The molecule has 2 aromatic carbocycles. The standard InChI is InChI=1S/C24H23NO3/c1-22(2)23(3)12-13-24(22,14-20(23)26)21(27)28-19-10-8-18(9-11-19)17-6-4-16(15-25)5-7-17/h4-11H,12-14H2,1-3H3. The number of benzene rings is 2. The monoisotopic (exact) mass is 373 g/mol. The van der Waals surface area contributed by atoms with E-state index >= 15 is 0 Å². The van der Waals surface area contributed by atoms with Crippen LogP contribution in [0.15, 0.2) is 48.5 Å². The quantitative estimate of drug-likeness (QED) is 0.566. The summed E-state index contributed by atoms with van der Waals surface area (Å²) < 4.78 is 5.74. The molecule has 0 N–H and O–H groups in total. The molecule has 4 heteroatoms. The van der Waals surface area contributed by atoms with Gasteiger partial charge in [-0.1, -0.05) is 45.0 Å².